The third kappa shape index (κ3) is 3.66. The van der Waals surface area contributed by atoms with E-state index in [9.17, 15) is 5.11 Å². The van der Waals surface area contributed by atoms with Crippen LogP contribution in [0.2, 0.25) is 19.6 Å². The van der Waals surface area contributed by atoms with Crippen LogP contribution in [0.5, 0.6) is 5.75 Å². The number of aromatic hydroxyl groups is 1. The van der Waals surface area contributed by atoms with Gasteiger partial charge in [-0.05, 0) is 31.8 Å². The summed E-state index contributed by atoms with van der Waals surface area (Å²) >= 11 is 0. The highest BCUT2D eigenvalue weighted by atomic mass is 28.4. The van der Waals surface area contributed by atoms with Crippen LogP contribution in [-0.2, 0) is 4.43 Å². The molecule has 0 amide bonds. The molecule has 1 aromatic carbocycles. The van der Waals surface area contributed by atoms with Crippen LogP contribution >= 0.6 is 0 Å². The second-order valence-corrected chi connectivity index (χ2v) is 8.55. The standard InChI is InChI=1S/C11H16O2Si/c1-14(2,3)13-9-8-10-6-4-5-7-11(10)12/h4-9,12H,1-3H3/b9-8+. The summed E-state index contributed by atoms with van der Waals surface area (Å²) in [5.41, 5.74) is 0.783. The topological polar surface area (TPSA) is 29.5 Å². The van der Waals surface area contributed by atoms with Crippen LogP contribution in [0, 0.1) is 0 Å². The highest BCUT2D eigenvalue weighted by Crippen LogP contribution is 2.17. The zero-order valence-corrected chi connectivity index (χ0v) is 9.82. The minimum atomic E-state index is -1.50. The Balaban J connectivity index is 2.65. The molecule has 2 nitrogen and oxygen atoms in total. The summed E-state index contributed by atoms with van der Waals surface area (Å²) in [5.74, 6) is 0.280. The summed E-state index contributed by atoms with van der Waals surface area (Å²) in [5, 5.41) is 9.44. The Bertz CT molecular complexity index is 326. The van der Waals surface area contributed by atoms with Crippen molar-refractivity contribution in [3.63, 3.8) is 0 Å². The van der Waals surface area contributed by atoms with Gasteiger partial charge in [0.2, 0.25) is 8.32 Å². The first-order chi connectivity index (χ1) is 6.49. The second-order valence-electron chi connectivity index (χ2n) is 4.09. The van der Waals surface area contributed by atoms with Crippen molar-refractivity contribution in [1.82, 2.24) is 0 Å². The average molecular weight is 208 g/mol. The van der Waals surface area contributed by atoms with E-state index in [0.29, 0.717) is 0 Å². The lowest BCUT2D eigenvalue weighted by Crippen LogP contribution is -2.21. The van der Waals surface area contributed by atoms with Gasteiger partial charge in [-0.15, -0.1) is 0 Å². The van der Waals surface area contributed by atoms with Gasteiger partial charge in [0.05, 0.1) is 6.26 Å². The predicted octanol–water partition coefficient (Wildman–Crippen LogP) is 3.21. The van der Waals surface area contributed by atoms with Crippen molar-refractivity contribution >= 4 is 14.4 Å². The average Bonchev–Trinajstić information content (AvgIpc) is 2.06. The van der Waals surface area contributed by atoms with Crippen LogP contribution < -0.4 is 0 Å². The molecule has 0 saturated carbocycles. The lowest BCUT2D eigenvalue weighted by atomic mass is 10.2. The van der Waals surface area contributed by atoms with E-state index in [1.165, 1.54) is 0 Å². The van der Waals surface area contributed by atoms with E-state index in [-0.39, 0.29) is 5.75 Å². The Labute approximate surface area is 86.0 Å². The van der Waals surface area contributed by atoms with Gasteiger partial charge in [0.25, 0.3) is 0 Å². The number of phenolic OH excluding ortho intramolecular Hbond substituents is 1. The summed E-state index contributed by atoms with van der Waals surface area (Å²) in [6.07, 6.45) is 3.45. The number of benzene rings is 1. The number of hydrogen-bond donors (Lipinski definition) is 1. The van der Waals surface area contributed by atoms with Gasteiger partial charge < -0.3 is 9.53 Å². The van der Waals surface area contributed by atoms with Crippen molar-refractivity contribution in [2.45, 2.75) is 19.6 Å². The first kappa shape index (κ1) is 10.9. The monoisotopic (exact) mass is 208 g/mol. The normalized spacial score (nSPS) is 11.9. The maximum atomic E-state index is 9.44. The van der Waals surface area contributed by atoms with E-state index in [1.807, 2.05) is 12.1 Å². The van der Waals surface area contributed by atoms with E-state index in [0.717, 1.165) is 5.56 Å². The van der Waals surface area contributed by atoms with Gasteiger partial charge in [0.1, 0.15) is 5.75 Å². The van der Waals surface area contributed by atoms with E-state index in [1.54, 1.807) is 24.5 Å². The van der Waals surface area contributed by atoms with Crippen LogP contribution in [0.4, 0.5) is 0 Å². The highest BCUT2D eigenvalue weighted by Gasteiger charge is 2.12. The molecule has 14 heavy (non-hydrogen) atoms. The second kappa shape index (κ2) is 4.33. The van der Waals surface area contributed by atoms with Crippen LogP contribution in [0.25, 0.3) is 6.08 Å². The van der Waals surface area contributed by atoms with Crippen molar-refractivity contribution < 1.29 is 9.53 Å². The minimum absolute atomic E-state index is 0.280. The molecule has 1 N–H and O–H groups in total. The van der Waals surface area contributed by atoms with Crippen molar-refractivity contribution in [2.75, 3.05) is 0 Å². The van der Waals surface area contributed by atoms with Crippen LogP contribution in [0.1, 0.15) is 5.56 Å². The summed E-state index contributed by atoms with van der Waals surface area (Å²) in [6.45, 7) is 6.34. The lowest BCUT2D eigenvalue weighted by molar-refractivity contribution is 0.470. The zero-order valence-electron chi connectivity index (χ0n) is 8.82. The van der Waals surface area contributed by atoms with Crippen molar-refractivity contribution in [3.05, 3.63) is 36.1 Å². The van der Waals surface area contributed by atoms with Gasteiger partial charge in [-0.1, -0.05) is 18.2 Å². The summed E-state index contributed by atoms with van der Waals surface area (Å²) in [4.78, 5) is 0. The fraction of sp³-hybridized carbons (Fsp3) is 0.273. The third-order valence-corrected chi connectivity index (χ3v) is 2.45. The SMILES string of the molecule is C[Si](C)(C)O/C=C/c1ccccc1O. The fourth-order valence-electron chi connectivity index (χ4n) is 0.940. The molecular weight excluding hydrogens is 192 g/mol. The van der Waals surface area contributed by atoms with E-state index >= 15 is 0 Å². The number of hydrogen-bond acceptors (Lipinski definition) is 2. The maximum absolute atomic E-state index is 9.44. The molecule has 0 aliphatic carbocycles. The molecule has 0 bridgehead atoms. The molecule has 0 aliphatic heterocycles. The maximum Gasteiger partial charge on any atom is 0.241 e. The first-order valence-electron chi connectivity index (χ1n) is 4.61. The van der Waals surface area contributed by atoms with E-state index in [4.69, 9.17) is 4.43 Å². The Kier molecular flexibility index (Phi) is 3.36. The third-order valence-electron chi connectivity index (χ3n) is 1.61. The largest absolute Gasteiger partial charge is 0.550 e. The fourth-order valence-corrected chi connectivity index (χ4v) is 1.42. The summed E-state index contributed by atoms with van der Waals surface area (Å²) in [6, 6.07) is 7.19. The molecule has 0 unspecified atom stereocenters. The van der Waals surface area contributed by atoms with Gasteiger partial charge in [0, 0.05) is 5.56 Å². The molecule has 0 heterocycles. The number of phenols is 1. The molecule has 0 atom stereocenters. The molecule has 76 valence electrons. The molecule has 0 radical (unpaired) electrons. The Morgan fingerprint density at radius 1 is 1.21 bits per heavy atom. The molecule has 1 aromatic rings. The minimum Gasteiger partial charge on any atom is -0.550 e. The Hall–Kier alpha value is -1.22. The first-order valence-corrected chi connectivity index (χ1v) is 8.02. The van der Waals surface area contributed by atoms with Crippen molar-refractivity contribution in [1.29, 1.82) is 0 Å². The van der Waals surface area contributed by atoms with Gasteiger partial charge >= 0.3 is 0 Å². The molecule has 0 aliphatic rings. The number of para-hydroxylation sites is 1. The van der Waals surface area contributed by atoms with Gasteiger partial charge in [-0.3, -0.25) is 0 Å². The molecule has 0 saturated heterocycles. The predicted molar refractivity (Wildman–Crippen MR) is 61.6 cm³/mol. The van der Waals surface area contributed by atoms with Crippen LogP contribution in [0.3, 0.4) is 0 Å². The summed E-state index contributed by atoms with van der Waals surface area (Å²) in [7, 11) is -1.50. The molecule has 0 spiro atoms. The molecule has 1 rings (SSSR count). The molecule has 0 aromatic heterocycles. The Morgan fingerprint density at radius 2 is 1.86 bits per heavy atom. The quantitative estimate of drug-likeness (QED) is 0.610. The molecule has 3 heteroatoms. The smallest absolute Gasteiger partial charge is 0.241 e. The van der Waals surface area contributed by atoms with Gasteiger partial charge in [-0.25, -0.2) is 0 Å². The van der Waals surface area contributed by atoms with E-state index in [2.05, 4.69) is 19.6 Å². The summed E-state index contributed by atoms with van der Waals surface area (Å²) < 4.78 is 5.54. The highest BCUT2D eigenvalue weighted by molar-refractivity contribution is 6.69. The zero-order chi connectivity index (χ0) is 10.6. The number of rotatable bonds is 3. The van der Waals surface area contributed by atoms with Crippen molar-refractivity contribution in [3.8, 4) is 5.75 Å². The van der Waals surface area contributed by atoms with Gasteiger partial charge in [0.15, 0.2) is 0 Å². The molecular formula is C11H16O2Si. The van der Waals surface area contributed by atoms with Crippen LogP contribution in [-0.4, -0.2) is 13.4 Å². The van der Waals surface area contributed by atoms with Gasteiger partial charge in [-0.2, -0.15) is 0 Å². The van der Waals surface area contributed by atoms with Crippen molar-refractivity contribution in [2.24, 2.45) is 0 Å². The Morgan fingerprint density at radius 3 is 2.43 bits per heavy atom. The van der Waals surface area contributed by atoms with Crippen LogP contribution in [0.15, 0.2) is 30.5 Å². The lowest BCUT2D eigenvalue weighted by Gasteiger charge is -2.14. The molecule has 0 fully saturated rings. The van der Waals surface area contributed by atoms with E-state index < -0.39 is 8.32 Å².